The van der Waals surface area contributed by atoms with Crippen LogP contribution in [0.4, 0.5) is 26.3 Å². The van der Waals surface area contributed by atoms with Gasteiger partial charge in [-0.15, -0.1) is 0 Å². The average Bonchev–Trinajstić information content (AvgIpc) is 2.44. The summed E-state index contributed by atoms with van der Waals surface area (Å²) in [5.74, 6) is -9.29. The summed E-state index contributed by atoms with van der Waals surface area (Å²) in [5.41, 5.74) is -3.59. The van der Waals surface area contributed by atoms with E-state index in [1.54, 1.807) is 0 Å². The highest BCUT2D eigenvalue weighted by Gasteiger charge is 2.41. The minimum absolute atomic E-state index is 0.256. The third-order valence-electron chi connectivity index (χ3n) is 3.47. The standard InChI is InChI=1S/C14H11BF6O/c1-14(21)5-7(17)10(12(19)13(14)20)15-9-6(16)3-4-8(22-2)11(9)18/h3-5,10,15H,1-2H3. The number of benzene rings is 1. The Labute approximate surface area is 123 Å². The lowest BCUT2D eigenvalue weighted by Gasteiger charge is -2.25. The van der Waals surface area contributed by atoms with Crippen LogP contribution in [-0.4, -0.2) is 20.1 Å². The SMILES string of the molecule is COc1ccc(F)c(BC2C(F)=CC(C)(F)C(F)=C2F)c1F. The molecule has 0 aromatic heterocycles. The molecule has 1 aliphatic rings. The first-order chi connectivity index (χ1) is 10.2. The van der Waals surface area contributed by atoms with Crippen molar-refractivity contribution in [1.82, 2.24) is 0 Å². The molecule has 1 aromatic carbocycles. The van der Waals surface area contributed by atoms with Crippen LogP contribution in [-0.2, 0) is 0 Å². The molecule has 1 aliphatic carbocycles. The molecule has 1 aromatic rings. The number of halogens is 6. The first kappa shape index (κ1) is 16.5. The molecule has 0 N–H and O–H groups in total. The van der Waals surface area contributed by atoms with Crippen LogP contribution < -0.4 is 10.2 Å². The Morgan fingerprint density at radius 2 is 1.77 bits per heavy atom. The molecule has 0 radical (unpaired) electrons. The van der Waals surface area contributed by atoms with Crippen LogP contribution in [0.15, 0.2) is 35.7 Å². The van der Waals surface area contributed by atoms with Gasteiger partial charge in [-0.25, -0.2) is 26.3 Å². The third-order valence-corrected chi connectivity index (χ3v) is 3.47. The van der Waals surface area contributed by atoms with Gasteiger partial charge in [-0.3, -0.25) is 0 Å². The van der Waals surface area contributed by atoms with Gasteiger partial charge in [0.1, 0.15) is 17.5 Å². The van der Waals surface area contributed by atoms with Crippen molar-refractivity contribution in [2.75, 3.05) is 7.11 Å². The van der Waals surface area contributed by atoms with Gasteiger partial charge in [0.15, 0.2) is 30.3 Å². The lowest BCUT2D eigenvalue weighted by Crippen LogP contribution is -2.32. The van der Waals surface area contributed by atoms with Gasteiger partial charge < -0.3 is 4.74 Å². The fraction of sp³-hybridized carbons (Fsp3) is 0.286. The van der Waals surface area contributed by atoms with E-state index < -0.39 is 53.3 Å². The second kappa shape index (κ2) is 5.74. The maximum Gasteiger partial charge on any atom is 0.185 e. The largest absolute Gasteiger partial charge is 0.494 e. The molecule has 0 bridgehead atoms. The number of allylic oxidation sites excluding steroid dienone is 4. The molecule has 0 heterocycles. The molecular formula is C14H11BF6O. The molecule has 2 atom stereocenters. The summed E-state index contributed by atoms with van der Waals surface area (Å²) in [4.78, 5) is 0. The Kier molecular flexibility index (Phi) is 4.31. The second-order valence-electron chi connectivity index (χ2n) is 5.07. The zero-order valence-corrected chi connectivity index (χ0v) is 11.7. The van der Waals surface area contributed by atoms with Crippen molar-refractivity contribution in [1.29, 1.82) is 0 Å². The van der Waals surface area contributed by atoms with Crippen LogP contribution in [0.5, 0.6) is 5.75 Å². The summed E-state index contributed by atoms with van der Waals surface area (Å²) >= 11 is 0. The summed E-state index contributed by atoms with van der Waals surface area (Å²) in [7, 11) is 0.294. The maximum absolute atomic E-state index is 14.0. The van der Waals surface area contributed by atoms with Gasteiger partial charge in [0.2, 0.25) is 0 Å². The molecule has 2 rings (SSSR count). The summed E-state index contributed by atoms with van der Waals surface area (Å²) in [5, 5.41) is 0. The second-order valence-corrected chi connectivity index (χ2v) is 5.07. The molecule has 0 aliphatic heterocycles. The van der Waals surface area contributed by atoms with E-state index in [9.17, 15) is 26.3 Å². The first-order valence-electron chi connectivity index (χ1n) is 6.32. The normalized spacial score (nSPS) is 25.1. The van der Waals surface area contributed by atoms with Crippen molar-refractivity contribution in [2.24, 2.45) is 0 Å². The van der Waals surface area contributed by atoms with Gasteiger partial charge in [0.25, 0.3) is 0 Å². The van der Waals surface area contributed by atoms with Crippen LogP contribution in [0.1, 0.15) is 6.92 Å². The Hall–Kier alpha value is -1.86. The minimum atomic E-state index is -2.92. The summed E-state index contributed by atoms with van der Waals surface area (Å²) in [6.45, 7) is 0.643. The highest BCUT2D eigenvalue weighted by molar-refractivity contribution is 6.56. The third kappa shape index (κ3) is 2.74. The zero-order chi connectivity index (χ0) is 16.7. The number of hydrogen-bond donors (Lipinski definition) is 0. The number of rotatable bonds is 3. The number of methoxy groups -OCH3 is 1. The topological polar surface area (TPSA) is 9.23 Å². The van der Waals surface area contributed by atoms with E-state index >= 15 is 0 Å². The Balaban J connectivity index is 2.44. The van der Waals surface area contributed by atoms with E-state index in [2.05, 4.69) is 4.74 Å². The summed E-state index contributed by atoms with van der Waals surface area (Å²) in [6, 6.07) is 1.87. The van der Waals surface area contributed by atoms with E-state index in [0.29, 0.717) is 6.92 Å². The van der Waals surface area contributed by atoms with Gasteiger partial charge in [0, 0.05) is 5.82 Å². The van der Waals surface area contributed by atoms with Gasteiger partial charge >= 0.3 is 0 Å². The molecule has 22 heavy (non-hydrogen) atoms. The molecule has 0 saturated carbocycles. The van der Waals surface area contributed by atoms with Crippen molar-refractivity contribution in [2.45, 2.75) is 18.4 Å². The summed E-state index contributed by atoms with van der Waals surface area (Å²) < 4.78 is 87.1. The predicted octanol–water partition coefficient (Wildman–Crippen LogP) is 3.57. The van der Waals surface area contributed by atoms with Gasteiger partial charge in [-0.2, -0.15) is 0 Å². The van der Waals surface area contributed by atoms with Crippen LogP contribution >= 0.6 is 0 Å². The quantitative estimate of drug-likeness (QED) is 0.611. The van der Waals surface area contributed by atoms with Crippen molar-refractivity contribution < 1.29 is 31.1 Å². The molecule has 118 valence electrons. The monoisotopic (exact) mass is 320 g/mol. The van der Waals surface area contributed by atoms with E-state index in [4.69, 9.17) is 0 Å². The Morgan fingerprint density at radius 3 is 2.36 bits per heavy atom. The van der Waals surface area contributed by atoms with E-state index in [0.717, 1.165) is 19.2 Å². The van der Waals surface area contributed by atoms with Crippen molar-refractivity contribution in [3.05, 3.63) is 47.3 Å². The van der Waals surface area contributed by atoms with Crippen LogP contribution in [0.2, 0.25) is 5.82 Å². The summed E-state index contributed by atoms with van der Waals surface area (Å²) in [6.07, 6.45) is 0.256. The highest BCUT2D eigenvalue weighted by Crippen LogP contribution is 2.43. The fourth-order valence-corrected chi connectivity index (χ4v) is 2.24. The maximum atomic E-state index is 14.0. The molecule has 0 fully saturated rings. The van der Waals surface area contributed by atoms with Gasteiger partial charge in [-0.05, 0) is 30.6 Å². The zero-order valence-electron chi connectivity index (χ0n) is 11.7. The number of ether oxygens (including phenoxy) is 1. The highest BCUT2D eigenvalue weighted by atomic mass is 19.2. The number of hydrogen-bond acceptors (Lipinski definition) is 1. The molecule has 0 saturated heterocycles. The molecule has 8 heteroatoms. The first-order valence-corrected chi connectivity index (χ1v) is 6.32. The molecular weight excluding hydrogens is 309 g/mol. The predicted molar refractivity (Wildman–Crippen MR) is 71.4 cm³/mol. The molecule has 0 spiro atoms. The lowest BCUT2D eigenvalue weighted by molar-refractivity contribution is 0.233. The van der Waals surface area contributed by atoms with Gasteiger partial charge in [0.05, 0.1) is 7.11 Å². The molecule has 0 amide bonds. The van der Waals surface area contributed by atoms with Crippen molar-refractivity contribution >= 4 is 12.7 Å². The van der Waals surface area contributed by atoms with Crippen LogP contribution in [0.3, 0.4) is 0 Å². The smallest absolute Gasteiger partial charge is 0.185 e. The Bertz CT molecular complexity index is 668. The molecule has 1 nitrogen and oxygen atoms in total. The average molecular weight is 320 g/mol. The van der Waals surface area contributed by atoms with Crippen molar-refractivity contribution in [3.8, 4) is 5.75 Å². The van der Waals surface area contributed by atoms with Crippen LogP contribution in [0, 0.1) is 11.6 Å². The van der Waals surface area contributed by atoms with E-state index in [-0.39, 0.29) is 11.8 Å². The molecule has 2 unspecified atom stereocenters. The fourth-order valence-electron chi connectivity index (χ4n) is 2.24. The van der Waals surface area contributed by atoms with E-state index in [1.807, 2.05) is 0 Å². The van der Waals surface area contributed by atoms with Crippen LogP contribution in [0.25, 0.3) is 0 Å². The minimum Gasteiger partial charge on any atom is -0.494 e. The van der Waals surface area contributed by atoms with Gasteiger partial charge in [-0.1, -0.05) is 0 Å². The van der Waals surface area contributed by atoms with E-state index in [1.165, 1.54) is 0 Å². The number of alkyl halides is 1. The lowest BCUT2D eigenvalue weighted by atomic mass is 9.56. The Morgan fingerprint density at radius 1 is 1.14 bits per heavy atom. The van der Waals surface area contributed by atoms with Crippen molar-refractivity contribution in [3.63, 3.8) is 0 Å².